The summed E-state index contributed by atoms with van der Waals surface area (Å²) in [6.07, 6.45) is 9.02. The summed E-state index contributed by atoms with van der Waals surface area (Å²) in [6, 6.07) is 9.46. The van der Waals surface area contributed by atoms with Crippen LogP contribution in [-0.4, -0.2) is 39.0 Å². The first kappa shape index (κ1) is 26.1. The largest absolute Gasteiger partial charge is 0.494 e. The first-order valence-electron chi connectivity index (χ1n) is 10.3. The van der Waals surface area contributed by atoms with Gasteiger partial charge < -0.3 is 9.30 Å². The number of thiazole rings is 1. The lowest BCUT2D eigenvalue weighted by atomic mass is 10.2. The van der Waals surface area contributed by atoms with Gasteiger partial charge in [0.25, 0.3) is 11.6 Å². The van der Waals surface area contributed by atoms with E-state index in [0.29, 0.717) is 46.5 Å². The van der Waals surface area contributed by atoms with E-state index in [2.05, 4.69) is 9.97 Å². The molecule has 0 bridgehead atoms. The SMILES string of the molecule is COc1ccc(Cl)c2sc(N(CCCn3ccnc3)C(=O)/C=C/c3ccc([N+](=O)[O-])cc3)nc12.Cl. The van der Waals surface area contributed by atoms with Gasteiger partial charge in [0.1, 0.15) is 11.3 Å². The molecule has 12 heteroatoms. The van der Waals surface area contributed by atoms with E-state index in [0.717, 1.165) is 4.70 Å². The fraction of sp³-hybridized carbons (Fsp3) is 0.174. The van der Waals surface area contributed by atoms with E-state index in [9.17, 15) is 14.9 Å². The third kappa shape index (κ3) is 6.16. The summed E-state index contributed by atoms with van der Waals surface area (Å²) >= 11 is 7.69. The molecular formula is C23H21Cl2N5O4S. The van der Waals surface area contributed by atoms with Crippen molar-refractivity contribution in [2.24, 2.45) is 0 Å². The summed E-state index contributed by atoms with van der Waals surface area (Å²) in [5.74, 6) is 0.312. The molecule has 182 valence electrons. The fourth-order valence-electron chi connectivity index (χ4n) is 3.32. The number of halogens is 2. The molecule has 0 N–H and O–H groups in total. The van der Waals surface area contributed by atoms with E-state index in [-0.39, 0.29) is 24.0 Å². The molecule has 0 aliphatic carbocycles. The molecule has 0 aliphatic heterocycles. The predicted molar refractivity (Wildman–Crippen MR) is 140 cm³/mol. The van der Waals surface area contributed by atoms with Crippen molar-refractivity contribution in [3.8, 4) is 5.75 Å². The highest BCUT2D eigenvalue weighted by Crippen LogP contribution is 2.38. The van der Waals surface area contributed by atoms with Gasteiger partial charge in [-0.05, 0) is 42.3 Å². The molecule has 0 fully saturated rings. The monoisotopic (exact) mass is 533 g/mol. The van der Waals surface area contributed by atoms with Gasteiger partial charge in [0, 0.05) is 43.7 Å². The molecule has 0 saturated heterocycles. The number of methoxy groups -OCH3 is 1. The second-order valence-corrected chi connectivity index (χ2v) is 8.63. The smallest absolute Gasteiger partial charge is 0.269 e. The molecule has 9 nitrogen and oxygen atoms in total. The van der Waals surface area contributed by atoms with Crippen LogP contribution in [0.5, 0.6) is 5.75 Å². The van der Waals surface area contributed by atoms with Crippen LogP contribution in [0.4, 0.5) is 10.8 Å². The van der Waals surface area contributed by atoms with Gasteiger partial charge >= 0.3 is 0 Å². The maximum Gasteiger partial charge on any atom is 0.269 e. The Morgan fingerprint density at radius 1 is 1.29 bits per heavy atom. The molecular weight excluding hydrogens is 513 g/mol. The maximum atomic E-state index is 13.2. The second kappa shape index (κ2) is 11.8. The molecule has 0 atom stereocenters. The minimum absolute atomic E-state index is 0. The van der Waals surface area contributed by atoms with Crippen molar-refractivity contribution in [1.82, 2.24) is 14.5 Å². The van der Waals surface area contributed by atoms with Gasteiger partial charge in [0.05, 0.1) is 28.1 Å². The molecule has 0 aliphatic rings. The molecule has 0 radical (unpaired) electrons. The minimum Gasteiger partial charge on any atom is -0.494 e. The van der Waals surface area contributed by atoms with Crippen molar-refractivity contribution in [2.75, 3.05) is 18.6 Å². The quantitative estimate of drug-likeness (QED) is 0.157. The highest BCUT2D eigenvalue weighted by molar-refractivity contribution is 7.23. The number of rotatable bonds is 9. The van der Waals surface area contributed by atoms with Crippen molar-refractivity contribution < 1.29 is 14.5 Å². The molecule has 2 heterocycles. The summed E-state index contributed by atoms with van der Waals surface area (Å²) < 4.78 is 8.08. The molecule has 4 aromatic rings. The van der Waals surface area contributed by atoms with E-state index in [1.807, 2.05) is 10.8 Å². The van der Waals surface area contributed by atoms with Crippen molar-refractivity contribution in [1.29, 1.82) is 0 Å². The number of fused-ring (bicyclic) bond motifs is 1. The van der Waals surface area contributed by atoms with Crippen LogP contribution in [0.15, 0.2) is 61.2 Å². The third-order valence-electron chi connectivity index (χ3n) is 5.04. The average Bonchev–Trinajstić information content (AvgIpc) is 3.51. The van der Waals surface area contributed by atoms with Crippen LogP contribution in [0.25, 0.3) is 16.3 Å². The zero-order valence-corrected chi connectivity index (χ0v) is 20.9. The number of aryl methyl sites for hydroxylation is 1. The second-order valence-electron chi connectivity index (χ2n) is 7.25. The third-order valence-corrected chi connectivity index (χ3v) is 6.58. The van der Waals surface area contributed by atoms with Crippen LogP contribution in [0, 0.1) is 10.1 Å². The van der Waals surface area contributed by atoms with Crippen molar-refractivity contribution in [2.45, 2.75) is 13.0 Å². The summed E-state index contributed by atoms with van der Waals surface area (Å²) in [7, 11) is 1.56. The first-order chi connectivity index (χ1) is 16.5. The van der Waals surface area contributed by atoms with Gasteiger partial charge in [-0.25, -0.2) is 9.97 Å². The molecule has 1 amide bonds. The Labute approximate surface area is 216 Å². The molecule has 2 aromatic carbocycles. The summed E-state index contributed by atoms with van der Waals surface area (Å²) in [5.41, 5.74) is 1.26. The molecule has 2 aromatic heterocycles. The summed E-state index contributed by atoms with van der Waals surface area (Å²) in [4.78, 5) is 33.9. The van der Waals surface area contributed by atoms with Crippen molar-refractivity contribution in [3.63, 3.8) is 0 Å². The Morgan fingerprint density at radius 2 is 2.06 bits per heavy atom. The van der Waals surface area contributed by atoms with Crippen LogP contribution in [0.1, 0.15) is 12.0 Å². The lowest BCUT2D eigenvalue weighted by Gasteiger charge is -2.18. The van der Waals surface area contributed by atoms with Crippen LogP contribution in [-0.2, 0) is 11.3 Å². The number of aromatic nitrogens is 3. The highest BCUT2D eigenvalue weighted by atomic mass is 35.5. The number of benzene rings is 2. The lowest BCUT2D eigenvalue weighted by Crippen LogP contribution is -2.30. The number of hydrogen-bond donors (Lipinski definition) is 0. The zero-order chi connectivity index (χ0) is 24.1. The maximum absolute atomic E-state index is 13.2. The van der Waals surface area contributed by atoms with Gasteiger partial charge in [0.2, 0.25) is 0 Å². The summed E-state index contributed by atoms with van der Waals surface area (Å²) in [6.45, 7) is 1.10. The number of non-ortho nitro benzene ring substituents is 1. The number of carbonyl (C=O) groups is 1. The van der Waals surface area contributed by atoms with Crippen LogP contribution >= 0.6 is 35.3 Å². The normalized spacial score (nSPS) is 10.9. The molecule has 0 unspecified atom stereocenters. The fourth-order valence-corrected chi connectivity index (χ4v) is 4.60. The number of hydrogen-bond acceptors (Lipinski definition) is 7. The highest BCUT2D eigenvalue weighted by Gasteiger charge is 2.20. The van der Waals surface area contributed by atoms with Crippen LogP contribution in [0.2, 0.25) is 5.02 Å². The van der Waals surface area contributed by atoms with Gasteiger partial charge in [-0.1, -0.05) is 22.9 Å². The first-order valence-corrected chi connectivity index (χ1v) is 11.5. The number of imidazole rings is 1. The topological polar surface area (TPSA) is 103 Å². The number of nitro benzene ring substituents is 1. The Balaban J connectivity index is 0.00000342. The van der Waals surface area contributed by atoms with Crippen molar-refractivity contribution in [3.05, 3.63) is 81.9 Å². The van der Waals surface area contributed by atoms with E-state index >= 15 is 0 Å². The Kier molecular flexibility index (Phi) is 8.80. The van der Waals surface area contributed by atoms with Crippen LogP contribution in [0.3, 0.4) is 0 Å². The number of ether oxygens (including phenoxy) is 1. The van der Waals surface area contributed by atoms with E-state index in [1.165, 1.54) is 29.5 Å². The molecule has 35 heavy (non-hydrogen) atoms. The van der Waals surface area contributed by atoms with Crippen LogP contribution < -0.4 is 9.64 Å². The number of carbonyl (C=O) groups excluding carboxylic acids is 1. The van der Waals surface area contributed by atoms with Gasteiger partial charge in [-0.15, -0.1) is 12.4 Å². The number of amides is 1. The Morgan fingerprint density at radius 3 is 2.71 bits per heavy atom. The predicted octanol–water partition coefficient (Wildman–Crippen LogP) is 5.62. The zero-order valence-electron chi connectivity index (χ0n) is 18.5. The average molecular weight is 534 g/mol. The van der Waals surface area contributed by atoms with Gasteiger partial charge in [-0.3, -0.25) is 19.8 Å². The number of nitrogens with zero attached hydrogens (tertiary/aromatic N) is 5. The standard InChI is InChI=1S/C23H20ClN5O4S.ClH/c1-33-19-9-8-18(24)22-21(19)26-23(34-22)28(13-2-12-27-14-11-25-15-27)20(30)10-5-16-3-6-17(7-4-16)29(31)32;/h3-11,14-15H,2,12-13H2,1H3;1H/b10-5+;. The van der Waals surface area contributed by atoms with E-state index in [1.54, 1.807) is 54.9 Å². The van der Waals surface area contributed by atoms with Gasteiger partial charge in [-0.2, -0.15) is 0 Å². The Hall–Kier alpha value is -3.47. The number of nitro groups is 1. The molecule has 0 saturated carbocycles. The van der Waals surface area contributed by atoms with E-state index in [4.69, 9.17) is 16.3 Å². The summed E-state index contributed by atoms with van der Waals surface area (Å²) in [5, 5.41) is 11.9. The number of anilines is 1. The van der Waals surface area contributed by atoms with Crippen molar-refractivity contribution >= 4 is 68.4 Å². The van der Waals surface area contributed by atoms with Gasteiger partial charge in [0.15, 0.2) is 5.13 Å². The Bertz CT molecular complexity index is 1340. The lowest BCUT2D eigenvalue weighted by molar-refractivity contribution is -0.384. The molecule has 0 spiro atoms. The molecule has 4 rings (SSSR count). The van der Waals surface area contributed by atoms with E-state index < -0.39 is 4.92 Å². The minimum atomic E-state index is -0.465.